The van der Waals surface area contributed by atoms with Crippen LogP contribution in [0.25, 0.3) is 0 Å². The number of likely N-dealkylation sites (tertiary alicyclic amines) is 1. The van der Waals surface area contributed by atoms with E-state index in [1.54, 1.807) is 19.2 Å². The van der Waals surface area contributed by atoms with Gasteiger partial charge in [-0.3, -0.25) is 4.79 Å². The van der Waals surface area contributed by atoms with Crippen molar-refractivity contribution in [3.05, 3.63) is 46.7 Å². The average Bonchev–Trinajstić information content (AvgIpc) is 2.80. The Hall–Kier alpha value is -2.62. The second kappa shape index (κ2) is 11.3. The van der Waals surface area contributed by atoms with E-state index >= 15 is 0 Å². The van der Waals surface area contributed by atoms with Crippen LogP contribution in [0.1, 0.15) is 23.2 Å². The number of hydrogen-bond acceptors (Lipinski definition) is 7. The van der Waals surface area contributed by atoms with Crippen LogP contribution in [0.15, 0.2) is 30.3 Å². The molecule has 32 heavy (non-hydrogen) atoms. The molecule has 1 saturated heterocycles. The third-order valence-electron chi connectivity index (χ3n) is 5.37. The summed E-state index contributed by atoms with van der Waals surface area (Å²) in [7, 11) is 3.05. The predicted octanol–water partition coefficient (Wildman–Crippen LogP) is 2.75. The molecule has 174 valence electrons. The number of methoxy groups -OCH3 is 2. The first-order valence-electron chi connectivity index (χ1n) is 10.4. The highest BCUT2D eigenvalue weighted by molar-refractivity contribution is 6.33. The van der Waals surface area contributed by atoms with Gasteiger partial charge >= 0.3 is 0 Å². The number of nitrogens with one attached hydrogen (secondary N) is 1. The molecule has 1 aliphatic heterocycles. The Kier molecular flexibility index (Phi) is 8.49. The molecule has 3 N–H and O–H groups in total. The predicted molar refractivity (Wildman–Crippen MR) is 120 cm³/mol. The van der Waals surface area contributed by atoms with E-state index in [-0.39, 0.29) is 46.2 Å². The van der Waals surface area contributed by atoms with Crippen LogP contribution < -0.4 is 20.5 Å². The summed E-state index contributed by atoms with van der Waals surface area (Å²) >= 11 is 6.03. The van der Waals surface area contributed by atoms with Crippen molar-refractivity contribution in [2.24, 2.45) is 0 Å². The van der Waals surface area contributed by atoms with Crippen molar-refractivity contribution in [1.82, 2.24) is 15.2 Å². The molecule has 1 aromatic heterocycles. The zero-order valence-electron chi connectivity index (χ0n) is 18.1. The Bertz CT molecular complexity index is 916. The SMILES string of the molecule is COc1nc(N)c(Cl)cc1C(=O)N[C@H]1CCN(CCCOc2ccc(F)cc2)C[C@H]1OC. The smallest absolute Gasteiger partial charge is 0.257 e. The number of amides is 1. The van der Waals surface area contributed by atoms with Crippen LogP contribution in [0.2, 0.25) is 5.02 Å². The highest BCUT2D eigenvalue weighted by atomic mass is 35.5. The first kappa shape index (κ1) is 24.0. The topological polar surface area (TPSA) is 98.9 Å². The Labute approximate surface area is 191 Å². The zero-order chi connectivity index (χ0) is 23.1. The van der Waals surface area contributed by atoms with E-state index in [9.17, 15) is 9.18 Å². The Morgan fingerprint density at radius 2 is 2.09 bits per heavy atom. The van der Waals surface area contributed by atoms with Gasteiger partial charge in [-0.15, -0.1) is 0 Å². The second-order valence-corrected chi connectivity index (χ2v) is 7.92. The van der Waals surface area contributed by atoms with E-state index in [0.29, 0.717) is 18.9 Å². The summed E-state index contributed by atoms with van der Waals surface area (Å²) in [5.74, 6) is 0.246. The van der Waals surface area contributed by atoms with Crippen molar-refractivity contribution in [2.75, 3.05) is 46.2 Å². The number of pyridine rings is 1. The Morgan fingerprint density at radius 3 is 2.78 bits per heavy atom. The van der Waals surface area contributed by atoms with Crippen molar-refractivity contribution >= 4 is 23.3 Å². The number of benzene rings is 1. The maximum Gasteiger partial charge on any atom is 0.257 e. The van der Waals surface area contributed by atoms with E-state index < -0.39 is 0 Å². The van der Waals surface area contributed by atoms with Gasteiger partial charge in [0, 0.05) is 26.7 Å². The number of anilines is 1. The summed E-state index contributed by atoms with van der Waals surface area (Å²) in [6.45, 7) is 2.84. The summed E-state index contributed by atoms with van der Waals surface area (Å²) in [6.07, 6.45) is 1.37. The number of halogens is 2. The molecule has 0 aliphatic carbocycles. The molecule has 2 atom stereocenters. The van der Waals surface area contributed by atoms with Crippen molar-refractivity contribution in [3.8, 4) is 11.6 Å². The molecule has 0 radical (unpaired) electrons. The van der Waals surface area contributed by atoms with Crippen LogP contribution >= 0.6 is 11.6 Å². The number of nitrogens with two attached hydrogens (primary N) is 1. The molecule has 1 aliphatic rings. The number of hydrogen-bond donors (Lipinski definition) is 2. The molecule has 0 bridgehead atoms. The first-order chi connectivity index (χ1) is 15.4. The number of aromatic nitrogens is 1. The largest absolute Gasteiger partial charge is 0.494 e. The molecule has 2 aromatic rings. The van der Waals surface area contributed by atoms with Crippen molar-refractivity contribution in [3.63, 3.8) is 0 Å². The van der Waals surface area contributed by atoms with Crippen LogP contribution in [0.5, 0.6) is 11.6 Å². The molecule has 0 unspecified atom stereocenters. The minimum Gasteiger partial charge on any atom is -0.494 e. The second-order valence-electron chi connectivity index (χ2n) is 7.51. The fourth-order valence-electron chi connectivity index (χ4n) is 3.65. The summed E-state index contributed by atoms with van der Waals surface area (Å²) < 4.78 is 29.4. The van der Waals surface area contributed by atoms with Gasteiger partial charge in [0.15, 0.2) is 0 Å². The lowest BCUT2D eigenvalue weighted by Crippen LogP contribution is -2.55. The number of carbonyl (C=O) groups is 1. The van der Waals surface area contributed by atoms with Gasteiger partial charge in [0.25, 0.3) is 5.91 Å². The summed E-state index contributed by atoms with van der Waals surface area (Å²) in [5.41, 5.74) is 5.92. The van der Waals surface area contributed by atoms with E-state index in [4.69, 9.17) is 31.5 Å². The molecule has 1 aromatic carbocycles. The van der Waals surface area contributed by atoms with Crippen molar-refractivity contribution in [2.45, 2.75) is 25.0 Å². The van der Waals surface area contributed by atoms with Crippen LogP contribution in [0, 0.1) is 5.82 Å². The van der Waals surface area contributed by atoms with Crippen LogP contribution in [-0.2, 0) is 4.74 Å². The van der Waals surface area contributed by atoms with E-state index in [1.165, 1.54) is 25.3 Å². The van der Waals surface area contributed by atoms with Gasteiger partial charge in [0.05, 0.1) is 30.9 Å². The quantitative estimate of drug-likeness (QED) is 0.548. The van der Waals surface area contributed by atoms with Crippen molar-refractivity contribution < 1.29 is 23.4 Å². The van der Waals surface area contributed by atoms with Gasteiger partial charge < -0.3 is 30.2 Å². The average molecular weight is 467 g/mol. The lowest BCUT2D eigenvalue weighted by molar-refractivity contribution is 0.00526. The number of ether oxygens (including phenoxy) is 3. The minimum absolute atomic E-state index is 0.103. The minimum atomic E-state index is -0.343. The molecular formula is C22H28ClFN4O4. The van der Waals surface area contributed by atoms with Crippen molar-refractivity contribution in [1.29, 1.82) is 0 Å². The van der Waals surface area contributed by atoms with E-state index in [0.717, 1.165) is 25.9 Å². The first-order valence-corrected chi connectivity index (χ1v) is 10.7. The van der Waals surface area contributed by atoms with Gasteiger partial charge in [-0.05, 0) is 43.2 Å². The molecule has 1 amide bonds. The molecule has 3 rings (SSSR count). The monoisotopic (exact) mass is 466 g/mol. The Balaban J connectivity index is 1.49. The van der Waals surface area contributed by atoms with E-state index in [2.05, 4.69) is 15.2 Å². The maximum atomic E-state index is 12.9. The number of piperidine rings is 1. The molecule has 1 fully saturated rings. The van der Waals surface area contributed by atoms with Crippen LogP contribution in [-0.4, -0.2) is 68.4 Å². The number of carbonyl (C=O) groups excluding carboxylic acids is 1. The number of rotatable bonds is 9. The lowest BCUT2D eigenvalue weighted by Gasteiger charge is -2.38. The molecule has 8 nitrogen and oxygen atoms in total. The molecule has 2 heterocycles. The van der Waals surface area contributed by atoms with E-state index in [1.807, 2.05) is 0 Å². The van der Waals surface area contributed by atoms with Crippen LogP contribution in [0.3, 0.4) is 0 Å². The van der Waals surface area contributed by atoms with Gasteiger partial charge in [0.1, 0.15) is 22.9 Å². The van der Waals surface area contributed by atoms with Gasteiger partial charge in [-0.1, -0.05) is 11.6 Å². The molecule has 0 spiro atoms. The normalized spacial score (nSPS) is 18.9. The van der Waals surface area contributed by atoms with Gasteiger partial charge in [-0.25, -0.2) is 4.39 Å². The highest BCUT2D eigenvalue weighted by Gasteiger charge is 2.31. The molecular weight excluding hydrogens is 439 g/mol. The fourth-order valence-corrected chi connectivity index (χ4v) is 3.80. The number of nitrogens with zero attached hydrogens (tertiary/aromatic N) is 2. The van der Waals surface area contributed by atoms with Crippen LogP contribution in [0.4, 0.5) is 10.2 Å². The zero-order valence-corrected chi connectivity index (χ0v) is 18.9. The van der Waals surface area contributed by atoms with Gasteiger partial charge in [0.2, 0.25) is 5.88 Å². The number of nitrogen functional groups attached to an aromatic ring is 1. The third kappa shape index (κ3) is 6.21. The lowest BCUT2D eigenvalue weighted by atomic mass is 10.0. The maximum absolute atomic E-state index is 12.9. The fraction of sp³-hybridized carbons (Fsp3) is 0.455. The molecule has 10 heteroatoms. The summed E-state index contributed by atoms with van der Waals surface area (Å²) in [6, 6.07) is 7.27. The standard InChI is InChI=1S/C22H28ClFN4O4/c1-30-19-13-28(9-3-11-32-15-6-4-14(24)5-7-15)10-8-18(19)26-21(29)16-12-17(23)20(25)27-22(16)31-2/h4-7,12,18-19H,3,8-11,13H2,1-2H3,(H2,25,27)(H,26,29)/t18-,19+/m0/s1. The summed E-state index contributed by atoms with van der Waals surface area (Å²) in [4.78, 5) is 19.1. The molecule has 0 saturated carbocycles. The summed E-state index contributed by atoms with van der Waals surface area (Å²) in [5, 5.41) is 3.20. The Morgan fingerprint density at radius 1 is 1.34 bits per heavy atom. The third-order valence-corrected chi connectivity index (χ3v) is 5.67. The van der Waals surface area contributed by atoms with Gasteiger partial charge in [-0.2, -0.15) is 4.98 Å². The highest BCUT2D eigenvalue weighted by Crippen LogP contribution is 2.25.